The van der Waals surface area contributed by atoms with Crippen molar-refractivity contribution in [1.82, 2.24) is 19.4 Å². The molecule has 0 spiro atoms. The third-order valence-corrected chi connectivity index (χ3v) is 12.2. The lowest BCUT2D eigenvalue weighted by Crippen LogP contribution is -2.52. The summed E-state index contributed by atoms with van der Waals surface area (Å²) in [5, 5.41) is 13.8. The third kappa shape index (κ3) is 6.44. The molecule has 0 radical (unpaired) electrons. The van der Waals surface area contributed by atoms with Crippen LogP contribution in [0.4, 0.5) is 8.78 Å². The Morgan fingerprint density at radius 1 is 1.02 bits per heavy atom. The van der Waals surface area contributed by atoms with Gasteiger partial charge in [-0.1, -0.05) is 52.0 Å². The van der Waals surface area contributed by atoms with Gasteiger partial charge in [-0.15, -0.1) is 0 Å². The van der Waals surface area contributed by atoms with E-state index in [2.05, 4.69) is 6.92 Å². The van der Waals surface area contributed by atoms with Crippen molar-refractivity contribution in [1.29, 1.82) is 0 Å². The van der Waals surface area contributed by atoms with Gasteiger partial charge in [0.15, 0.2) is 0 Å². The van der Waals surface area contributed by atoms with Crippen molar-refractivity contribution < 1.29 is 23.4 Å². The molecule has 7 rings (SSSR count). The van der Waals surface area contributed by atoms with Crippen LogP contribution >= 0.6 is 46.4 Å². The van der Waals surface area contributed by atoms with Crippen molar-refractivity contribution in [2.75, 3.05) is 19.7 Å². The summed E-state index contributed by atoms with van der Waals surface area (Å²) in [5.74, 6) is -1.25. The van der Waals surface area contributed by atoms with E-state index < -0.39 is 22.6 Å². The van der Waals surface area contributed by atoms with E-state index in [1.807, 2.05) is 11.1 Å². The van der Waals surface area contributed by atoms with Crippen LogP contribution in [0.3, 0.4) is 0 Å². The Labute approximate surface area is 309 Å². The van der Waals surface area contributed by atoms with Crippen LogP contribution in [-0.2, 0) is 17.9 Å². The molecule has 8 nitrogen and oxygen atoms in total. The second kappa shape index (κ2) is 13.7. The van der Waals surface area contributed by atoms with Crippen LogP contribution < -0.4 is 10.3 Å². The van der Waals surface area contributed by atoms with E-state index in [1.165, 1.54) is 12.1 Å². The lowest BCUT2D eigenvalue weighted by atomic mass is 9.91. The molecule has 1 aromatic heterocycles. The summed E-state index contributed by atoms with van der Waals surface area (Å²) in [4.78, 5) is 25.5. The molecule has 3 aromatic rings. The Balaban J connectivity index is 0.941. The van der Waals surface area contributed by atoms with Gasteiger partial charge in [0.25, 0.3) is 5.56 Å². The van der Waals surface area contributed by atoms with Gasteiger partial charge in [0.2, 0.25) is 5.91 Å². The zero-order valence-corrected chi connectivity index (χ0v) is 30.7. The first-order chi connectivity index (χ1) is 23.8. The van der Waals surface area contributed by atoms with Gasteiger partial charge in [0.05, 0.1) is 15.6 Å². The zero-order chi connectivity index (χ0) is 35.6. The summed E-state index contributed by atoms with van der Waals surface area (Å²) in [6, 6.07) is 4.83. The van der Waals surface area contributed by atoms with E-state index in [-0.39, 0.29) is 67.4 Å². The maximum absolute atomic E-state index is 15.1. The number of carbonyl (C=O) groups is 1. The van der Waals surface area contributed by atoms with Crippen molar-refractivity contribution in [3.8, 4) is 22.6 Å². The van der Waals surface area contributed by atoms with E-state index in [0.717, 1.165) is 56.2 Å². The first-order valence-corrected chi connectivity index (χ1v) is 18.5. The zero-order valence-electron chi connectivity index (χ0n) is 27.7. The number of benzene rings is 2. The Hall–Kier alpha value is -2.76. The molecule has 14 heteroatoms. The molecule has 1 N–H and O–H groups in total. The van der Waals surface area contributed by atoms with Gasteiger partial charge in [0, 0.05) is 37.3 Å². The van der Waals surface area contributed by atoms with E-state index in [4.69, 9.17) is 51.1 Å². The fourth-order valence-corrected chi connectivity index (χ4v) is 9.16. The molecule has 3 aliphatic heterocycles. The summed E-state index contributed by atoms with van der Waals surface area (Å²) < 4.78 is 39.2. The lowest BCUT2D eigenvalue weighted by Gasteiger charge is -2.42. The van der Waals surface area contributed by atoms with Crippen molar-refractivity contribution in [3.63, 3.8) is 0 Å². The number of aromatic hydroxyl groups is 1. The maximum Gasteiger partial charge on any atom is 0.276 e. The fourth-order valence-electron chi connectivity index (χ4n) is 8.06. The standard InChI is InChI=1S/C36H38Cl4F2N4O4/c1-19(6-10-50-30-15-23(27(41)17-26(30)38)31-33(39)43-7-3-4-8-44(43)34(31)48)11-21-13-22(21)12-20-5-9-46-36(2,40)32(35(49)45(46)18-20)24-14-29(47)25(37)16-28(24)42/h6,14-17,20-22,32,47H,3-5,7-13,18H2,1-2H3/b19-6-/t20?,21-,22?,32?,36?/m0/s1. The number of aromatic nitrogens is 2. The summed E-state index contributed by atoms with van der Waals surface area (Å²) in [5.41, 5.74) is 1.06. The molecule has 0 bridgehead atoms. The average molecular weight is 771 g/mol. The topological polar surface area (TPSA) is 79.9 Å². The number of hydrogen-bond acceptors (Lipinski definition) is 5. The predicted molar refractivity (Wildman–Crippen MR) is 190 cm³/mol. The van der Waals surface area contributed by atoms with Crippen LogP contribution in [0.15, 0.2) is 40.7 Å². The van der Waals surface area contributed by atoms with Gasteiger partial charge < -0.3 is 9.84 Å². The van der Waals surface area contributed by atoms with Crippen LogP contribution in [0.25, 0.3) is 11.1 Å². The number of carbonyl (C=O) groups excluding carboxylic acids is 1. The number of allylic oxidation sites excluding steroid dienone is 1. The predicted octanol–water partition coefficient (Wildman–Crippen LogP) is 8.61. The minimum atomic E-state index is -1.18. The van der Waals surface area contributed by atoms with Crippen LogP contribution in [0.1, 0.15) is 63.9 Å². The molecule has 4 unspecified atom stereocenters. The van der Waals surface area contributed by atoms with Gasteiger partial charge >= 0.3 is 0 Å². The average Bonchev–Trinajstić information content (AvgIpc) is 3.69. The van der Waals surface area contributed by atoms with Crippen LogP contribution in [0.2, 0.25) is 15.2 Å². The molecule has 2 saturated heterocycles. The number of rotatable bonds is 9. The number of hydrazine groups is 1. The normalized spacial score (nSPS) is 26.7. The summed E-state index contributed by atoms with van der Waals surface area (Å²) in [6.07, 6.45) is 7.59. The number of fused-ring (bicyclic) bond motifs is 2. The molecule has 268 valence electrons. The Morgan fingerprint density at radius 3 is 2.48 bits per heavy atom. The number of ether oxygens (including phenoxy) is 1. The fraction of sp³-hybridized carbons (Fsp3) is 0.500. The number of phenolic OH excluding ortho intramolecular Hbond substituents is 1. The molecular formula is C36H38Cl4F2N4O4. The SMILES string of the molecule is C/C(=C/COc1cc(-c2c(Cl)n3n(c2=O)CCCC3)c(F)cc1Cl)C[C@H]1CC1CC1CCN2N(C1)C(=O)C(c1cc(O)c(Cl)cc1F)C2(C)Cl. The highest BCUT2D eigenvalue weighted by molar-refractivity contribution is 6.33. The minimum Gasteiger partial charge on any atom is -0.506 e. The second-order valence-corrected chi connectivity index (χ2v) is 16.2. The highest BCUT2D eigenvalue weighted by atomic mass is 35.5. The highest BCUT2D eigenvalue weighted by Crippen LogP contribution is 2.52. The number of amides is 1. The summed E-state index contributed by atoms with van der Waals surface area (Å²) in [6.45, 7) is 6.22. The van der Waals surface area contributed by atoms with E-state index in [1.54, 1.807) is 21.3 Å². The first kappa shape index (κ1) is 35.6. The first-order valence-electron chi connectivity index (χ1n) is 17.0. The molecule has 4 aliphatic rings. The number of halogens is 6. The van der Waals surface area contributed by atoms with Crippen molar-refractivity contribution >= 4 is 52.3 Å². The van der Waals surface area contributed by atoms with Gasteiger partial charge in [-0.3, -0.25) is 19.3 Å². The van der Waals surface area contributed by atoms with Gasteiger partial charge in [-0.25, -0.2) is 13.5 Å². The number of nitrogens with zero attached hydrogens (tertiary/aromatic N) is 4. The molecule has 3 fully saturated rings. The second-order valence-electron chi connectivity index (χ2n) is 14.2. The number of alkyl halides is 1. The van der Waals surface area contributed by atoms with Crippen LogP contribution in [0, 0.1) is 29.4 Å². The van der Waals surface area contributed by atoms with Crippen molar-refractivity contribution in [2.24, 2.45) is 17.8 Å². The largest absolute Gasteiger partial charge is 0.506 e. The van der Waals surface area contributed by atoms with Gasteiger partial charge in [0.1, 0.15) is 45.8 Å². The van der Waals surface area contributed by atoms with Crippen LogP contribution in [0.5, 0.6) is 11.5 Å². The van der Waals surface area contributed by atoms with Crippen LogP contribution in [-0.4, -0.2) is 55.1 Å². The Kier molecular flexibility index (Phi) is 9.73. The molecular weight excluding hydrogens is 732 g/mol. The molecule has 1 saturated carbocycles. The smallest absolute Gasteiger partial charge is 0.276 e. The highest BCUT2D eigenvalue weighted by Gasteiger charge is 2.57. The molecule has 50 heavy (non-hydrogen) atoms. The Morgan fingerprint density at radius 2 is 1.74 bits per heavy atom. The molecule has 1 aliphatic carbocycles. The monoisotopic (exact) mass is 768 g/mol. The third-order valence-electron chi connectivity index (χ3n) is 10.8. The molecule has 4 heterocycles. The summed E-state index contributed by atoms with van der Waals surface area (Å²) >= 11 is 25.7. The van der Waals surface area contributed by atoms with Gasteiger partial charge in [-0.2, -0.15) is 5.01 Å². The van der Waals surface area contributed by atoms with E-state index in [9.17, 15) is 19.1 Å². The quantitative estimate of drug-likeness (QED) is 0.134. The molecule has 2 aromatic carbocycles. The Bertz CT molecular complexity index is 1950. The maximum atomic E-state index is 15.1. The molecule has 5 atom stereocenters. The van der Waals surface area contributed by atoms with E-state index >= 15 is 4.39 Å². The summed E-state index contributed by atoms with van der Waals surface area (Å²) in [7, 11) is 0. The lowest BCUT2D eigenvalue weighted by molar-refractivity contribution is -0.146. The van der Waals surface area contributed by atoms with Crippen molar-refractivity contribution in [2.45, 2.75) is 76.4 Å². The minimum absolute atomic E-state index is 0.0376. The number of hydrogen-bond donors (Lipinski definition) is 1. The number of phenols is 1. The van der Waals surface area contributed by atoms with E-state index in [0.29, 0.717) is 38.0 Å². The van der Waals surface area contributed by atoms with Crippen molar-refractivity contribution in [3.05, 3.63) is 78.7 Å². The molecule has 1 amide bonds. The van der Waals surface area contributed by atoms with Gasteiger partial charge in [-0.05, 0) is 100 Å².